The molecule has 0 aliphatic carbocycles. The zero-order chi connectivity index (χ0) is 17.5. The number of hydrogen-bond donors (Lipinski definition) is 0. The predicted octanol–water partition coefficient (Wildman–Crippen LogP) is 4.18. The maximum absolute atomic E-state index is 11.8. The number of carbonyl (C=O) groups excluding carboxylic acids is 1. The van der Waals surface area contributed by atoms with E-state index in [0.29, 0.717) is 12.3 Å². The van der Waals surface area contributed by atoms with E-state index in [-0.39, 0.29) is 6.61 Å². The number of fused-ring (bicyclic) bond motifs is 1. The normalized spacial score (nSPS) is 10.9. The number of hydrogen-bond acceptors (Lipinski definition) is 4. The van der Waals surface area contributed by atoms with Crippen molar-refractivity contribution in [2.45, 2.75) is 6.92 Å². The van der Waals surface area contributed by atoms with Gasteiger partial charge in [-0.15, -0.1) is 0 Å². The van der Waals surface area contributed by atoms with Crippen LogP contribution in [-0.4, -0.2) is 24.2 Å². The topological polar surface area (TPSA) is 48.4 Å². The van der Waals surface area contributed by atoms with Crippen molar-refractivity contribution < 1.29 is 14.3 Å². The highest BCUT2D eigenvalue weighted by Crippen LogP contribution is 2.16. The quantitative estimate of drug-likeness (QED) is 0.386. The minimum Gasteiger partial charge on any atom is -0.490 e. The first-order valence-electron chi connectivity index (χ1n) is 8.11. The standard InChI is InChI=1S/C21H19NO3/c1-16-6-2-5-9-20(16)24-14-15-25-21(23)13-12-18-11-10-17-7-3-4-8-19(17)22-18/h2-13H,14-15H2,1H3/b13-12+. The molecule has 2 aromatic carbocycles. The number of pyridine rings is 1. The molecule has 126 valence electrons. The van der Waals surface area contributed by atoms with Gasteiger partial charge in [-0.05, 0) is 36.8 Å². The summed E-state index contributed by atoms with van der Waals surface area (Å²) in [6.45, 7) is 2.49. The van der Waals surface area contributed by atoms with Crippen LogP contribution in [0.5, 0.6) is 5.75 Å². The summed E-state index contributed by atoms with van der Waals surface area (Å²) in [5.41, 5.74) is 2.66. The zero-order valence-corrected chi connectivity index (χ0v) is 14.0. The van der Waals surface area contributed by atoms with Crippen LogP contribution in [0.25, 0.3) is 17.0 Å². The molecule has 0 unspecified atom stereocenters. The molecule has 4 nitrogen and oxygen atoms in total. The predicted molar refractivity (Wildman–Crippen MR) is 98.4 cm³/mol. The summed E-state index contributed by atoms with van der Waals surface area (Å²) in [5, 5.41) is 1.07. The second-order valence-corrected chi connectivity index (χ2v) is 5.54. The van der Waals surface area contributed by atoms with E-state index in [2.05, 4.69) is 4.98 Å². The van der Waals surface area contributed by atoms with Crippen molar-refractivity contribution in [3.63, 3.8) is 0 Å². The van der Waals surface area contributed by atoms with Gasteiger partial charge in [0.05, 0.1) is 11.2 Å². The van der Waals surface area contributed by atoms with Crippen LogP contribution in [-0.2, 0) is 9.53 Å². The summed E-state index contributed by atoms with van der Waals surface area (Å²) in [7, 11) is 0. The van der Waals surface area contributed by atoms with E-state index in [4.69, 9.17) is 9.47 Å². The molecule has 0 fully saturated rings. The van der Waals surface area contributed by atoms with Crippen LogP contribution in [0.1, 0.15) is 11.3 Å². The van der Waals surface area contributed by atoms with Gasteiger partial charge in [-0.2, -0.15) is 0 Å². The number of benzene rings is 2. The first-order chi connectivity index (χ1) is 12.2. The molecule has 0 spiro atoms. The molecule has 1 heterocycles. The van der Waals surface area contributed by atoms with Crippen LogP contribution in [0.4, 0.5) is 0 Å². The summed E-state index contributed by atoms with van der Waals surface area (Å²) >= 11 is 0. The molecular weight excluding hydrogens is 314 g/mol. The number of carbonyl (C=O) groups is 1. The highest BCUT2D eigenvalue weighted by atomic mass is 16.6. The van der Waals surface area contributed by atoms with E-state index in [0.717, 1.165) is 22.2 Å². The van der Waals surface area contributed by atoms with Crippen LogP contribution >= 0.6 is 0 Å². The van der Waals surface area contributed by atoms with E-state index >= 15 is 0 Å². The lowest BCUT2D eigenvalue weighted by Gasteiger charge is -2.08. The van der Waals surface area contributed by atoms with Gasteiger partial charge < -0.3 is 9.47 Å². The lowest BCUT2D eigenvalue weighted by molar-refractivity contribution is -0.138. The molecule has 0 saturated heterocycles. The molecule has 3 aromatic rings. The second-order valence-electron chi connectivity index (χ2n) is 5.54. The van der Waals surface area contributed by atoms with Crippen molar-refractivity contribution in [2.75, 3.05) is 13.2 Å². The Balaban J connectivity index is 1.48. The maximum atomic E-state index is 11.8. The minimum absolute atomic E-state index is 0.197. The molecule has 0 saturated carbocycles. The fraction of sp³-hybridized carbons (Fsp3) is 0.143. The molecule has 0 aliphatic heterocycles. The van der Waals surface area contributed by atoms with Crippen molar-refractivity contribution in [2.24, 2.45) is 0 Å². The lowest BCUT2D eigenvalue weighted by Crippen LogP contribution is -2.10. The van der Waals surface area contributed by atoms with Crippen molar-refractivity contribution in [3.05, 3.63) is 78.0 Å². The minimum atomic E-state index is -0.414. The van der Waals surface area contributed by atoms with Gasteiger partial charge in [0.25, 0.3) is 0 Å². The van der Waals surface area contributed by atoms with Crippen molar-refractivity contribution >= 4 is 22.9 Å². The number of ether oxygens (including phenoxy) is 2. The van der Waals surface area contributed by atoms with Crippen LogP contribution in [0.2, 0.25) is 0 Å². The number of esters is 1. The summed E-state index contributed by atoms with van der Waals surface area (Å²) in [5.74, 6) is 0.387. The molecule has 25 heavy (non-hydrogen) atoms. The maximum Gasteiger partial charge on any atom is 0.330 e. The summed E-state index contributed by atoms with van der Waals surface area (Å²) in [4.78, 5) is 16.2. The highest BCUT2D eigenvalue weighted by Gasteiger charge is 2.01. The smallest absolute Gasteiger partial charge is 0.330 e. The molecular formula is C21H19NO3. The van der Waals surface area contributed by atoms with Gasteiger partial charge in [0, 0.05) is 11.5 Å². The monoisotopic (exact) mass is 333 g/mol. The Hall–Kier alpha value is -3.14. The number of nitrogens with zero attached hydrogens (tertiary/aromatic N) is 1. The SMILES string of the molecule is Cc1ccccc1OCCOC(=O)/C=C/c1ccc2ccccc2n1. The fourth-order valence-corrected chi connectivity index (χ4v) is 2.39. The molecule has 0 N–H and O–H groups in total. The average molecular weight is 333 g/mol. The van der Waals surface area contributed by atoms with Gasteiger partial charge in [-0.1, -0.05) is 42.5 Å². The van der Waals surface area contributed by atoms with Crippen molar-refractivity contribution in [1.29, 1.82) is 0 Å². The molecule has 0 atom stereocenters. The number of para-hydroxylation sites is 2. The van der Waals surface area contributed by atoms with Crippen LogP contribution in [0, 0.1) is 6.92 Å². The Bertz CT molecular complexity index is 902. The number of rotatable bonds is 6. The molecule has 0 aliphatic rings. The van der Waals surface area contributed by atoms with E-state index in [9.17, 15) is 4.79 Å². The molecule has 1 aromatic heterocycles. The van der Waals surface area contributed by atoms with E-state index in [1.54, 1.807) is 6.08 Å². The van der Waals surface area contributed by atoms with E-state index in [1.807, 2.05) is 67.6 Å². The van der Waals surface area contributed by atoms with Crippen LogP contribution < -0.4 is 4.74 Å². The van der Waals surface area contributed by atoms with Gasteiger partial charge in [0.2, 0.25) is 0 Å². The third kappa shape index (κ3) is 4.67. The molecule has 0 radical (unpaired) electrons. The fourth-order valence-electron chi connectivity index (χ4n) is 2.39. The van der Waals surface area contributed by atoms with Crippen molar-refractivity contribution in [3.8, 4) is 5.75 Å². The molecule has 0 bridgehead atoms. The summed E-state index contributed by atoms with van der Waals surface area (Å²) in [6, 6.07) is 19.4. The van der Waals surface area contributed by atoms with Crippen LogP contribution in [0.15, 0.2) is 66.7 Å². The Labute approximate surface area is 146 Å². The molecule has 3 rings (SSSR count). The molecule has 4 heteroatoms. The van der Waals surface area contributed by atoms with E-state index in [1.165, 1.54) is 6.08 Å². The van der Waals surface area contributed by atoms with Gasteiger partial charge in [-0.3, -0.25) is 0 Å². The summed E-state index contributed by atoms with van der Waals surface area (Å²) < 4.78 is 10.7. The Morgan fingerprint density at radius 3 is 2.68 bits per heavy atom. The van der Waals surface area contributed by atoms with E-state index < -0.39 is 5.97 Å². The molecule has 0 amide bonds. The Morgan fingerprint density at radius 1 is 1.00 bits per heavy atom. The second kappa shape index (κ2) is 8.11. The lowest BCUT2D eigenvalue weighted by atomic mass is 10.2. The average Bonchev–Trinajstić information content (AvgIpc) is 2.64. The largest absolute Gasteiger partial charge is 0.490 e. The third-order valence-corrected chi connectivity index (χ3v) is 3.69. The van der Waals surface area contributed by atoms with Gasteiger partial charge in [0.1, 0.15) is 19.0 Å². The first-order valence-corrected chi connectivity index (χ1v) is 8.11. The van der Waals surface area contributed by atoms with Crippen LogP contribution in [0.3, 0.4) is 0 Å². The summed E-state index contributed by atoms with van der Waals surface area (Å²) in [6.07, 6.45) is 3.03. The number of aromatic nitrogens is 1. The number of aryl methyl sites for hydroxylation is 1. The highest BCUT2D eigenvalue weighted by molar-refractivity contribution is 5.87. The van der Waals surface area contributed by atoms with Crippen molar-refractivity contribution in [1.82, 2.24) is 4.98 Å². The third-order valence-electron chi connectivity index (χ3n) is 3.69. The van der Waals surface area contributed by atoms with Gasteiger partial charge in [0.15, 0.2) is 0 Å². The first kappa shape index (κ1) is 16.7. The Morgan fingerprint density at radius 2 is 1.80 bits per heavy atom. The van der Waals surface area contributed by atoms with Gasteiger partial charge in [-0.25, -0.2) is 9.78 Å². The van der Waals surface area contributed by atoms with Gasteiger partial charge >= 0.3 is 5.97 Å². The zero-order valence-electron chi connectivity index (χ0n) is 14.0. The Kier molecular flexibility index (Phi) is 5.42.